The fourth-order valence-electron chi connectivity index (χ4n) is 2.50. The summed E-state index contributed by atoms with van der Waals surface area (Å²) in [4.78, 5) is 11.8. The van der Waals surface area contributed by atoms with Crippen LogP contribution >= 0.6 is 0 Å². The Labute approximate surface area is 143 Å². The zero-order valence-electron chi connectivity index (χ0n) is 14.6. The summed E-state index contributed by atoms with van der Waals surface area (Å²) >= 11 is 0. The molecule has 2 rings (SSSR count). The molecule has 0 heterocycles. The van der Waals surface area contributed by atoms with Crippen molar-refractivity contribution in [1.82, 2.24) is 5.32 Å². The lowest BCUT2D eigenvalue weighted by Gasteiger charge is -2.09. The van der Waals surface area contributed by atoms with Crippen LogP contribution in [-0.4, -0.2) is 26.2 Å². The summed E-state index contributed by atoms with van der Waals surface area (Å²) in [6.07, 6.45) is 1.88. The monoisotopic (exact) mass is 327 g/mol. The molecule has 2 aromatic carbocycles. The van der Waals surface area contributed by atoms with Crippen LogP contribution < -0.4 is 14.8 Å². The Bertz CT molecular complexity index is 665. The van der Waals surface area contributed by atoms with Gasteiger partial charge >= 0.3 is 0 Å². The van der Waals surface area contributed by atoms with E-state index in [2.05, 4.69) is 37.4 Å². The van der Waals surface area contributed by atoms with Crippen LogP contribution in [0.25, 0.3) is 0 Å². The maximum absolute atomic E-state index is 11.8. The van der Waals surface area contributed by atoms with E-state index in [0.29, 0.717) is 12.3 Å². The molecule has 1 N–H and O–H groups in total. The summed E-state index contributed by atoms with van der Waals surface area (Å²) in [7, 11) is 1.61. The molecular formula is C20H25NO3. The first-order valence-electron chi connectivity index (χ1n) is 8.18. The molecule has 4 nitrogen and oxygen atoms in total. The SMILES string of the molecule is COc1ccc(OCC(=O)NCCCc2ccc(C)cc2C)cc1. The highest BCUT2D eigenvalue weighted by molar-refractivity contribution is 5.77. The second-order valence-electron chi connectivity index (χ2n) is 5.85. The van der Waals surface area contributed by atoms with Gasteiger partial charge in [-0.25, -0.2) is 0 Å². The summed E-state index contributed by atoms with van der Waals surface area (Å²) in [5.41, 5.74) is 3.92. The summed E-state index contributed by atoms with van der Waals surface area (Å²) < 4.78 is 10.5. The fourth-order valence-corrected chi connectivity index (χ4v) is 2.50. The number of hydrogen-bond acceptors (Lipinski definition) is 3. The molecule has 4 heteroatoms. The van der Waals surface area contributed by atoms with Crippen LogP contribution in [0, 0.1) is 13.8 Å². The van der Waals surface area contributed by atoms with E-state index in [1.165, 1.54) is 16.7 Å². The number of amides is 1. The Balaban J connectivity index is 1.65. The number of rotatable bonds is 8. The molecule has 0 atom stereocenters. The predicted octanol–water partition coefficient (Wildman–Crippen LogP) is 3.44. The van der Waals surface area contributed by atoms with Gasteiger partial charge in [-0.1, -0.05) is 23.8 Å². The topological polar surface area (TPSA) is 47.6 Å². The van der Waals surface area contributed by atoms with E-state index in [1.807, 2.05) is 0 Å². The van der Waals surface area contributed by atoms with Gasteiger partial charge in [-0.05, 0) is 62.1 Å². The minimum absolute atomic E-state index is 0.0237. The number of nitrogens with one attached hydrogen (secondary N) is 1. The number of methoxy groups -OCH3 is 1. The quantitative estimate of drug-likeness (QED) is 0.756. The smallest absolute Gasteiger partial charge is 0.257 e. The van der Waals surface area contributed by atoms with Crippen LogP contribution in [0.5, 0.6) is 11.5 Å². The second kappa shape index (κ2) is 8.96. The summed E-state index contributed by atoms with van der Waals surface area (Å²) in [6, 6.07) is 13.7. The second-order valence-corrected chi connectivity index (χ2v) is 5.85. The van der Waals surface area contributed by atoms with Gasteiger partial charge in [0.05, 0.1) is 7.11 Å². The Morgan fingerprint density at radius 3 is 2.42 bits per heavy atom. The Kier molecular flexibility index (Phi) is 6.67. The van der Waals surface area contributed by atoms with Crippen LogP contribution in [0.4, 0.5) is 0 Å². The molecule has 1 amide bonds. The molecule has 0 bridgehead atoms. The zero-order chi connectivity index (χ0) is 17.4. The third-order valence-electron chi connectivity index (χ3n) is 3.87. The van der Waals surface area contributed by atoms with Gasteiger partial charge in [-0.15, -0.1) is 0 Å². The summed E-state index contributed by atoms with van der Waals surface area (Å²) in [5, 5.41) is 2.89. The van der Waals surface area contributed by atoms with E-state index in [0.717, 1.165) is 18.6 Å². The Hall–Kier alpha value is -2.49. The van der Waals surface area contributed by atoms with Crippen molar-refractivity contribution >= 4 is 5.91 Å². The van der Waals surface area contributed by atoms with Gasteiger partial charge in [-0.2, -0.15) is 0 Å². The van der Waals surface area contributed by atoms with Gasteiger partial charge in [0.25, 0.3) is 5.91 Å². The molecule has 0 fully saturated rings. The van der Waals surface area contributed by atoms with Crippen molar-refractivity contribution < 1.29 is 14.3 Å². The lowest BCUT2D eigenvalue weighted by Crippen LogP contribution is -2.29. The summed E-state index contributed by atoms with van der Waals surface area (Å²) in [6.45, 7) is 4.90. The third kappa shape index (κ3) is 5.61. The minimum atomic E-state index is -0.105. The maximum atomic E-state index is 11.8. The number of benzene rings is 2. The molecule has 0 saturated heterocycles. The molecule has 0 aliphatic rings. The third-order valence-corrected chi connectivity index (χ3v) is 3.87. The van der Waals surface area contributed by atoms with Crippen LogP contribution in [-0.2, 0) is 11.2 Å². The van der Waals surface area contributed by atoms with Gasteiger partial charge in [0.1, 0.15) is 11.5 Å². The highest BCUT2D eigenvalue weighted by Gasteiger charge is 2.03. The van der Waals surface area contributed by atoms with Crippen LogP contribution in [0.1, 0.15) is 23.1 Å². The molecule has 0 aliphatic carbocycles. The predicted molar refractivity (Wildman–Crippen MR) is 95.7 cm³/mol. The van der Waals surface area contributed by atoms with Crippen LogP contribution in [0.3, 0.4) is 0 Å². The number of carbonyl (C=O) groups is 1. The number of ether oxygens (including phenoxy) is 2. The van der Waals surface area contributed by atoms with Crippen molar-refractivity contribution in [2.75, 3.05) is 20.3 Å². The molecular weight excluding hydrogens is 302 g/mol. The number of carbonyl (C=O) groups excluding carboxylic acids is 1. The normalized spacial score (nSPS) is 10.3. The van der Waals surface area contributed by atoms with E-state index in [1.54, 1.807) is 31.4 Å². The van der Waals surface area contributed by atoms with Crippen molar-refractivity contribution in [2.45, 2.75) is 26.7 Å². The largest absolute Gasteiger partial charge is 0.497 e. The van der Waals surface area contributed by atoms with Crippen molar-refractivity contribution in [1.29, 1.82) is 0 Å². The molecule has 0 unspecified atom stereocenters. The Morgan fingerprint density at radius 2 is 1.75 bits per heavy atom. The van der Waals surface area contributed by atoms with Gasteiger partial charge in [0.2, 0.25) is 0 Å². The van der Waals surface area contributed by atoms with Crippen molar-refractivity contribution in [2.24, 2.45) is 0 Å². The molecule has 0 saturated carbocycles. The van der Waals surface area contributed by atoms with Crippen LogP contribution in [0.2, 0.25) is 0 Å². The van der Waals surface area contributed by atoms with E-state index >= 15 is 0 Å². The lowest BCUT2D eigenvalue weighted by molar-refractivity contribution is -0.123. The van der Waals surface area contributed by atoms with Gasteiger partial charge < -0.3 is 14.8 Å². The van der Waals surface area contributed by atoms with E-state index in [9.17, 15) is 4.79 Å². The molecule has 0 spiro atoms. The lowest BCUT2D eigenvalue weighted by atomic mass is 10.0. The van der Waals surface area contributed by atoms with Gasteiger partial charge in [0, 0.05) is 6.54 Å². The van der Waals surface area contributed by atoms with E-state index < -0.39 is 0 Å². The first-order chi connectivity index (χ1) is 11.6. The van der Waals surface area contributed by atoms with E-state index in [-0.39, 0.29) is 12.5 Å². The first kappa shape index (κ1) is 17.9. The zero-order valence-corrected chi connectivity index (χ0v) is 14.6. The highest BCUT2D eigenvalue weighted by Crippen LogP contribution is 2.16. The average Bonchev–Trinajstić information content (AvgIpc) is 2.59. The Morgan fingerprint density at radius 1 is 1.04 bits per heavy atom. The molecule has 128 valence electrons. The van der Waals surface area contributed by atoms with Crippen molar-refractivity contribution in [3.63, 3.8) is 0 Å². The number of aryl methyl sites for hydroxylation is 3. The molecule has 24 heavy (non-hydrogen) atoms. The fraction of sp³-hybridized carbons (Fsp3) is 0.350. The molecule has 0 aliphatic heterocycles. The maximum Gasteiger partial charge on any atom is 0.257 e. The molecule has 0 aromatic heterocycles. The number of hydrogen-bond donors (Lipinski definition) is 1. The molecule has 2 aromatic rings. The van der Waals surface area contributed by atoms with Gasteiger partial charge in [0.15, 0.2) is 6.61 Å². The average molecular weight is 327 g/mol. The minimum Gasteiger partial charge on any atom is -0.497 e. The highest BCUT2D eigenvalue weighted by atomic mass is 16.5. The van der Waals surface area contributed by atoms with Crippen LogP contribution in [0.15, 0.2) is 42.5 Å². The van der Waals surface area contributed by atoms with E-state index in [4.69, 9.17) is 9.47 Å². The molecule has 0 radical (unpaired) electrons. The van der Waals surface area contributed by atoms with Crippen molar-refractivity contribution in [3.8, 4) is 11.5 Å². The first-order valence-corrected chi connectivity index (χ1v) is 8.18. The standard InChI is InChI=1S/C20H25NO3/c1-15-6-7-17(16(2)13-15)5-4-12-21-20(22)14-24-19-10-8-18(23-3)9-11-19/h6-11,13H,4-5,12,14H2,1-3H3,(H,21,22). The summed E-state index contributed by atoms with van der Waals surface area (Å²) in [5.74, 6) is 1.31. The van der Waals surface area contributed by atoms with Gasteiger partial charge in [-0.3, -0.25) is 4.79 Å². The van der Waals surface area contributed by atoms with Crippen molar-refractivity contribution in [3.05, 3.63) is 59.2 Å².